The summed E-state index contributed by atoms with van der Waals surface area (Å²) >= 11 is 7.66. The van der Waals surface area contributed by atoms with Crippen LogP contribution in [0.5, 0.6) is 5.75 Å². The Labute approximate surface area is 167 Å². The zero-order chi connectivity index (χ0) is 18.4. The Morgan fingerprint density at radius 1 is 0.800 bits per heavy atom. The highest BCUT2D eigenvalue weighted by Gasteiger charge is 2.58. The number of benzene rings is 2. The Kier molecular flexibility index (Phi) is 3.61. The van der Waals surface area contributed by atoms with Crippen LogP contribution in [0, 0.1) is 6.92 Å². The minimum atomic E-state index is -0.0694. The molecule has 2 aromatic carbocycles. The summed E-state index contributed by atoms with van der Waals surface area (Å²) in [4.78, 5) is 0. The van der Waals surface area contributed by atoms with Crippen LogP contribution in [0.1, 0.15) is 68.4 Å². The van der Waals surface area contributed by atoms with Gasteiger partial charge in [0.05, 0.1) is 4.47 Å². The standard InChI is InChI=1S/C22H24Br2O/c1-12-6-7-13-16(18(12)23)22(10-20(13,2)3)11-21(4,5)14-8-9-15(25)19(24)17(14)22/h6-9,25H,10-11H2,1-5H3. The molecule has 2 aromatic rings. The van der Waals surface area contributed by atoms with E-state index < -0.39 is 0 Å². The average molecular weight is 464 g/mol. The lowest BCUT2D eigenvalue weighted by Crippen LogP contribution is -2.27. The molecule has 0 saturated heterocycles. The molecule has 1 N–H and O–H groups in total. The number of rotatable bonds is 0. The van der Waals surface area contributed by atoms with E-state index in [0.717, 1.165) is 17.3 Å². The fourth-order valence-corrected chi connectivity index (χ4v) is 7.00. The van der Waals surface area contributed by atoms with E-state index in [1.54, 1.807) is 0 Å². The van der Waals surface area contributed by atoms with Crippen LogP contribution in [-0.2, 0) is 16.2 Å². The SMILES string of the molecule is Cc1ccc2c(c1Br)C1(CC2(C)C)CC(C)(C)c2ccc(O)c(Br)c21. The molecule has 25 heavy (non-hydrogen) atoms. The maximum atomic E-state index is 10.4. The minimum absolute atomic E-state index is 0.0694. The molecule has 132 valence electrons. The molecule has 0 aromatic heterocycles. The molecule has 1 unspecified atom stereocenters. The number of fused-ring (bicyclic) bond motifs is 4. The third-order valence-electron chi connectivity index (χ3n) is 6.36. The highest BCUT2D eigenvalue weighted by molar-refractivity contribution is 9.11. The number of aromatic hydroxyl groups is 1. The maximum absolute atomic E-state index is 10.4. The summed E-state index contributed by atoms with van der Waals surface area (Å²) < 4.78 is 2.10. The molecule has 0 heterocycles. The molecule has 0 radical (unpaired) electrons. The van der Waals surface area contributed by atoms with Gasteiger partial charge in [-0.2, -0.15) is 0 Å². The van der Waals surface area contributed by atoms with Crippen molar-refractivity contribution in [2.24, 2.45) is 0 Å². The molecule has 2 aliphatic carbocycles. The molecule has 2 aliphatic rings. The van der Waals surface area contributed by atoms with Gasteiger partial charge < -0.3 is 5.11 Å². The summed E-state index contributed by atoms with van der Waals surface area (Å²) in [5, 5.41) is 10.4. The van der Waals surface area contributed by atoms with Crippen molar-refractivity contribution in [3.05, 3.63) is 61.0 Å². The Morgan fingerprint density at radius 3 is 1.84 bits per heavy atom. The predicted molar refractivity (Wildman–Crippen MR) is 111 cm³/mol. The molecular formula is C22H24Br2O. The van der Waals surface area contributed by atoms with Gasteiger partial charge in [-0.1, -0.05) is 61.8 Å². The molecule has 0 saturated carbocycles. The van der Waals surface area contributed by atoms with Gasteiger partial charge in [0.2, 0.25) is 0 Å². The molecule has 1 nitrogen and oxygen atoms in total. The van der Waals surface area contributed by atoms with E-state index in [1.807, 2.05) is 6.07 Å². The molecule has 0 fully saturated rings. The first-order chi connectivity index (χ1) is 11.5. The van der Waals surface area contributed by atoms with Crippen molar-refractivity contribution in [3.63, 3.8) is 0 Å². The van der Waals surface area contributed by atoms with Crippen LogP contribution in [0.25, 0.3) is 0 Å². The topological polar surface area (TPSA) is 20.2 Å². The number of phenolic OH excluding ortho intramolecular Hbond substituents is 1. The highest BCUT2D eigenvalue weighted by atomic mass is 79.9. The third-order valence-corrected chi connectivity index (χ3v) is 8.18. The summed E-state index contributed by atoms with van der Waals surface area (Å²) in [5.74, 6) is 0.339. The number of hydrogen-bond donors (Lipinski definition) is 1. The van der Waals surface area contributed by atoms with Crippen molar-refractivity contribution in [1.82, 2.24) is 0 Å². The van der Waals surface area contributed by atoms with E-state index in [0.29, 0.717) is 5.75 Å². The van der Waals surface area contributed by atoms with E-state index in [4.69, 9.17) is 0 Å². The van der Waals surface area contributed by atoms with Crippen LogP contribution >= 0.6 is 31.9 Å². The number of halogens is 2. The minimum Gasteiger partial charge on any atom is -0.507 e. The smallest absolute Gasteiger partial charge is 0.130 e. The summed E-state index contributed by atoms with van der Waals surface area (Å²) in [6, 6.07) is 8.49. The van der Waals surface area contributed by atoms with Crippen LogP contribution in [0.4, 0.5) is 0 Å². The Bertz CT molecular complexity index is 833. The Morgan fingerprint density at radius 2 is 1.28 bits per heavy atom. The second-order valence-corrected chi connectivity index (χ2v) is 10.7. The van der Waals surface area contributed by atoms with E-state index in [9.17, 15) is 5.11 Å². The van der Waals surface area contributed by atoms with E-state index in [1.165, 1.54) is 32.3 Å². The predicted octanol–water partition coefficient (Wildman–Crippen LogP) is 6.87. The summed E-state index contributed by atoms with van der Waals surface area (Å²) in [5.41, 5.74) is 6.89. The monoisotopic (exact) mass is 462 g/mol. The van der Waals surface area contributed by atoms with Crippen molar-refractivity contribution in [3.8, 4) is 5.75 Å². The van der Waals surface area contributed by atoms with Gasteiger partial charge in [-0.3, -0.25) is 0 Å². The number of aryl methyl sites for hydroxylation is 1. The number of phenols is 1. The second-order valence-electron chi connectivity index (χ2n) is 9.14. The Balaban J connectivity index is 2.14. The fraction of sp³-hybridized carbons (Fsp3) is 0.455. The lowest BCUT2D eigenvalue weighted by Gasteiger charge is -2.32. The highest BCUT2D eigenvalue weighted by Crippen LogP contribution is 2.66. The Hall–Kier alpha value is -0.800. The molecule has 0 amide bonds. The van der Waals surface area contributed by atoms with Gasteiger partial charge in [-0.15, -0.1) is 0 Å². The zero-order valence-electron chi connectivity index (χ0n) is 15.4. The summed E-state index contributed by atoms with van der Waals surface area (Å²) in [6.07, 6.45) is 2.13. The first-order valence-corrected chi connectivity index (χ1v) is 10.4. The molecule has 0 aliphatic heterocycles. The van der Waals surface area contributed by atoms with Crippen molar-refractivity contribution in [2.75, 3.05) is 0 Å². The first-order valence-electron chi connectivity index (χ1n) is 8.84. The second kappa shape index (κ2) is 5.13. The first kappa shape index (κ1) is 17.6. The van der Waals surface area contributed by atoms with E-state index in [2.05, 4.69) is 84.7 Å². The van der Waals surface area contributed by atoms with Crippen LogP contribution in [-0.4, -0.2) is 5.11 Å². The average Bonchev–Trinajstić information content (AvgIpc) is 2.86. The summed E-state index contributed by atoms with van der Waals surface area (Å²) in [6.45, 7) is 11.5. The van der Waals surface area contributed by atoms with Crippen LogP contribution in [0.2, 0.25) is 0 Å². The van der Waals surface area contributed by atoms with Gasteiger partial charge >= 0.3 is 0 Å². The van der Waals surface area contributed by atoms with Gasteiger partial charge in [0.1, 0.15) is 5.75 Å². The number of hydrogen-bond acceptors (Lipinski definition) is 1. The van der Waals surface area contributed by atoms with E-state index >= 15 is 0 Å². The molecular weight excluding hydrogens is 440 g/mol. The van der Waals surface area contributed by atoms with Crippen molar-refractivity contribution >= 4 is 31.9 Å². The normalized spacial score (nSPS) is 25.2. The van der Waals surface area contributed by atoms with Crippen molar-refractivity contribution < 1.29 is 5.11 Å². The summed E-state index contributed by atoms with van der Waals surface area (Å²) in [7, 11) is 0. The quantitative estimate of drug-likeness (QED) is 0.451. The van der Waals surface area contributed by atoms with Crippen molar-refractivity contribution in [2.45, 2.75) is 63.7 Å². The van der Waals surface area contributed by atoms with Crippen molar-refractivity contribution in [1.29, 1.82) is 0 Å². The molecule has 4 rings (SSSR count). The largest absolute Gasteiger partial charge is 0.507 e. The molecule has 1 atom stereocenters. The fourth-order valence-electron chi connectivity index (χ4n) is 5.55. The van der Waals surface area contributed by atoms with Gasteiger partial charge in [0.25, 0.3) is 0 Å². The van der Waals surface area contributed by atoms with Gasteiger partial charge in [-0.25, -0.2) is 0 Å². The molecule has 1 spiro atoms. The van der Waals surface area contributed by atoms with Crippen LogP contribution < -0.4 is 0 Å². The van der Waals surface area contributed by atoms with Gasteiger partial charge in [0.15, 0.2) is 0 Å². The lowest BCUT2D eigenvalue weighted by atomic mass is 9.72. The van der Waals surface area contributed by atoms with E-state index in [-0.39, 0.29) is 16.2 Å². The van der Waals surface area contributed by atoms with Crippen LogP contribution in [0.3, 0.4) is 0 Å². The van der Waals surface area contributed by atoms with Gasteiger partial charge in [0, 0.05) is 9.89 Å². The molecule has 3 heteroatoms. The third kappa shape index (κ3) is 2.18. The molecule has 0 bridgehead atoms. The van der Waals surface area contributed by atoms with Crippen LogP contribution in [0.15, 0.2) is 33.2 Å². The van der Waals surface area contributed by atoms with Gasteiger partial charge in [-0.05, 0) is 80.4 Å². The maximum Gasteiger partial charge on any atom is 0.130 e. The lowest BCUT2D eigenvalue weighted by molar-refractivity contribution is 0.348. The zero-order valence-corrected chi connectivity index (χ0v) is 18.6.